The third kappa shape index (κ3) is 4.48. The maximum Gasteiger partial charge on any atom is 0.262 e. The van der Waals surface area contributed by atoms with Crippen LogP contribution in [0.25, 0.3) is 0 Å². The molecular weight excluding hydrogens is 368 g/mol. The molecule has 1 aromatic heterocycles. The van der Waals surface area contributed by atoms with Gasteiger partial charge in [0.1, 0.15) is 12.3 Å². The molecule has 1 aliphatic heterocycles. The van der Waals surface area contributed by atoms with Crippen molar-refractivity contribution in [3.63, 3.8) is 0 Å². The molecule has 146 valence electrons. The fourth-order valence-corrected chi connectivity index (χ4v) is 4.43. The van der Waals surface area contributed by atoms with Crippen LogP contribution in [0.4, 0.5) is 5.69 Å². The summed E-state index contributed by atoms with van der Waals surface area (Å²) in [5.74, 6) is 0.791. The van der Waals surface area contributed by atoms with Gasteiger partial charge in [0.25, 0.3) is 10.0 Å². The third-order valence-electron chi connectivity index (χ3n) is 4.66. The van der Waals surface area contributed by atoms with Crippen molar-refractivity contribution in [1.29, 1.82) is 0 Å². The second-order valence-corrected chi connectivity index (χ2v) is 8.60. The maximum atomic E-state index is 12.7. The van der Waals surface area contributed by atoms with Crippen molar-refractivity contribution in [2.45, 2.75) is 31.3 Å². The molecule has 27 heavy (non-hydrogen) atoms. The minimum absolute atomic E-state index is 0.0258. The summed E-state index contributed by atoms with van der Waals surface area (Å²) in [4.78, 5) is 16.3. The van der Waals surface area contributed by atoms with Gasteiger partial charge in [-0.2, -0.15) is 4.31 Å². The van der Waals surface area contributed by atoms with Crippen LogP contribution in [0.2, 0.25) is 0 Å². The number of nitrogens with zero attached hydrogens (tertiary/aromatic N) is 3. The Kier molecular flexibility index (Phi) is 5.81. The van der Waals surface area contributed by atoms with Crippen molar-refractivity contribution in [2.24, 2.45) is 5.92 Å². The highest BCUT2D eigenvalue weighted by Gasteiger charge is 2.29. The normalized spacial score (nSPS) is 16.2. The summed E-state index contributed by atoms with van der Waals surface area (Å²) in [5, 5.41) is 2.73. The van der Waals surface area contributed by atoms with Crippen LogP contribution >= 0.6 is 0 Å². The molecule has 0 bridgehead atoms. The van der Waals surface area contributed by atoms with E-state index in [1.165, 1.54) is 28.5 Å². The molecule has 1 saturated heterocycles. The Morgan fingerprint density at radius 3 is 2.70 bits per heavy atom. The molecule has 0 saturated carbocycles. The first-order chi connectivity index (χ1) is 12.9. The predicted octanol–water partition coefficient (Wildman–Crippen LogP) is 1.95. The number of benzene rings is 1. The van der Waals surface area contributed by atoms with Gasteiger partial charge in [-0.3, -0.25) is 4.79 Å². The smallest absolute Gasteiger partial charge is 0.262 e. The molecule has 9 heteroatoms. The molecular formula is C18H24N4O4S. The summed E-state index contributed by atoms with van der Waals surface area (Å²) < 4.78 is 33.5. The van der Waals surface area contributed by atoms with E-state index in [0.717, 1.165) is 12.8 Å². The zero-order valence-electron chi connectivity index (χ0n) is 15.5. The predicted molar refractivity (Wildman–Crippen MR) is 101 cm³/mol. The van der Waals surface area contributed by atoms with Crippen molar-refractivity contribution in [3.8, 4) is 5.75 Å². The first-order valence-corrected chi connectivity index (χ1v) is 10.3. The number of carbonyl (C=O) groups excluding carboxylic acids is 1. The Morgan fingerprint density at radius 2 is 2.00 bits per heavy atom. The minimum atomic E-state index is -3.62. The molecule has 0 unspecified atom stereocenters. The first-order valence-electron chi connectivity index (χ1n) is 8.85. The summed E-state index contributed by atoms with van der Waals surface area (Å²) in [6.45, 7) is 3.09. The molecule has 2 aromatic rings. The van der Waals surface area contributed by atoms with Gasteiger partial charge in [0, 0.05) is 19.3 Å². The van der Waals surface area contributed by atoms with Crippen molar-refractivity contribution >= 4 is 21.6 Å². The average molecular weight is 392 g/mol. The summed E-state index contributed by atoms with van der Waals surface area (Å²) in [5.41, 5.74) is 0.556. The van der Waals surface area contributed by atoms with E-state index in [0.29, 0.717) is 30.4 Å². The Hall–Kier alpha value is -2.39. The molecule has 0 atom stereocenters. The quantitative estimate of drug-likeness (QED) is 0.811. The molecule has 8 nitrogen and oxygen atoms in total. The monoisotopic (exact) mass is 392 g/mol. The van der Waals surface area contributed by atoms with E-state index in [9.17, 15) is 13.2 Å². The van der Waals surface area contributed by atoms with Gasteiger partial charge in [0.05, 0.1) is 19.1 Å². The second-order valence-electron chi connectivity index (χ2n) is 6.72. The Bertz CT molecular complexity index is 902. The summed E-state index contributed by atoms with van der Waals surface area (Å²) in [6.07, 6.45) is 4.46. The first kappa shape index (κ1) is 19.4. The molecule has 1 aromatic carbocycles. The molecule has 0 radical (unpaired) electrons. The van der Waals surface area contributed by atoms with Gasteiger partial charge in [0.15, 0.2) is 5.03 Å². The number of ether oxygens (including phenoxy) is 1. The van der Waals surface area contributed by atoms with Gasteiger partial charge in [-0.25, -0.2) is 13.4 Å². The minimum Gasteiger partial charge on any atom is -0.495 e. The Balaban J connectivity index is 1.66. The number of hydrogen-bond acceptors (Lipinski definition) is 5. The number of rotatable bonds is 6. The molecule has 1 N–H and O–H groups in total. The van der Waals surface area contributed by atoms with E-state index < -0.39 is 10.0 Å². The number of para-hydroxylation sites is 2. The lowest BCUT2D eigenvalue weighted by atomic mass is 10.0. The lowest BCUT2D eigenvalue weighted by Gasteiger charge is -2.28. The van der Waals surface area contributed by atoms with Crippen molar-refractivity contribution < 1.29 is 17.9 Å². The van der Waals surface area contributed by atoms with Gasteiger partial charge in [-0.1, -0.05) is 19.1 Å². The molecule has 1 amide bonds. The van der Waals surface area contributed by atoms with Crippen LogP contribution in [0.5, 0.6) is 5.75 Å². The van der Waals surface area contributed by atoms with Gasteiger partial charge in [-0.15, -0.1) is 0 Å². The lowest BCUT2D eigenvalue weighted by molar-refractivity contribution is -0.116. The van der Waals surface area contributed by atoms with Crippen molar-refractivity contribution in [2.75, 3.05) is 25.5 Å². The Morgan fingerprint density at radius 1 is 1.30 bits per heavy atom. The fraction of sp³-hybridized carbons (Fsp3) is 0.444. The Labute approximate surface area is 159 Å². The lowest BCUT2D eigenvalue weighted by Crippen LogP contribution is -2.38. The van der Waals surface area contributed by atoms with E-state index >= 15 is 0 Å². The van der Waals surface area contributed by atoms with E-state index in [-0.39, 0.29) is 17.5 Å². The number of aromatic nitrogens is 2. The largest absolute Gasteiger partial charge is 0.495 e. The molecule has 1 aliphatic rings. The average Bonchev–Trinajstić information content (AvgIpc) is 3.11. The van der Waals surface area contributed by atoms with Gasteiger partial charge < -0.3 is 14.6 Å². The number of anilines is 1. The van der Waals surface area contributed by atoms with Crippen LogP contribution in [-0.4, -0.2) is 48.4 Å². The zero-order chi connectivity index (χ0) is 19.4. The fourth-order valence-electron chi connectivity index (χ4n) is 3.02. The molecule has 3 rings (SSSR count). The highest BCUT2D eigenvalue weighted by molar-refractivity contribution is 7.89. The van der Waals surface area contributed by atoms with E-state index in [1.807, 2.05) is 6.07 Å². The zero-order valence-corrected chi connectivity index (χ0v) is 16.3. The number of piperidine rings is 1. The van der Waals surface area contributed by atoms with Gasteiger partial charge >= 0.3 is 0 Å². The van der Waals surface area contributed by atoms with Gasteiger partial charge in [-0.05, 0) is 30.9 Å². The van der Waals surface area contributed by atoms with Crippen LogP contribution in [0.15, 0.2) is 41.8 Å². The second kappa shape index (κ2) is 8.10. The SMILES string of the molecule is COc1ccccc1NC(=O)Cn1cnc(S(=O)(=O)N2CCC(C)CC2)c1. The number of sulfonamides is 1. The standard InChI is InChI=1S/C18H24N4O4S/c1-14-7-9-22(10-8-14)27(24,25)18-12-21(13-19-18)11-17(23)20-15-5-3-4-6-16(15)26-2/h3-6,12-14H,7-11H2,1-2H3,(H,20,23). The molecule has 2 heterocycles. The third-order valence-corrected chi connectivity index (χ3v) is 6.45. The van der Waals surface area contributed by atoms with E-state index in [2.05, 4.69) is 17.2 Å². The number of carbonyl (C=O) groups is 1. The van der Waals surface area contributed by atoms with Crippen LogP contribution in [0, 0.1) is 5.92 Å². The maximum absolute atomic E-state index is 12.7. The van der Waals surface area contributed by atoms with Crippen molar-refractivity contribution in [3.05, 3.63) is 36.8 Å². The van der Waals surface area contributed by atoms with Crippen molar-refractivity contribution in [1.82, 2.24) is 13.9 Å². The molecule has 1 fully saturated rings. The summed E-state index contributed by atoms with van der Waals surface area (Å²) in [7, 11) is -2.09. The summed E-state index contributed by atoms with van der Waals surface area (Å²) in [6, 6.07) is 7.08. The number of methoxy groups -OCH3 is 1. The highest BCUT2D eigenvalue weighted by atomic mass is 32.2. The van der Waals surface area contributed by atoms with Crippen LogP contribution < -0.4 is 10.1 Å². The topological polar surface area (TPSA) is 93.5 Å². The molecule has 0 spiro atoms. The van der Waals surface area contributed by atoms with Crippen LogP contribution in [0.1, 0.15) is 19.8 Å². The van der Waals surface area contributed by atoms with Gasteiger partial charge in [0.2, 0.25) is 5.91 Å². The number of nitrogens with one attached hydrogen (secondary N) is 1. The number of imidazole rings is 1. The summed E-state index contributed by atoms with van der Waals surface area (Å²) >= 11 is 0. The number of hydrogen-bond donors (Lipinski definition) is 1. The van der Waals surface area contributed by atoms with Crippen LogP contribution in [0.3, 0.4) is 0 Å². The van der Waals surface area contributed by atoms with E-state index in [1.54, 1.807) is 18.2 Å². The molecule has 0 aliphatic carbocycles. The van der Waals surface area contributed by atoms with Crippen LogP contribution in [-0.2, 0) is 21.4 Å². The van der Waals surface area contributed by atoms with E-state index in [4.69, 9.17) is 4.74 Å². The number of amides is 1. The highest BCUT2D eigenvalue weighted by Crippen LogP contribution is 2.24.